The molecule has 0 aliphatic carbocycles. The monoisotopic (exact) mass is 748 g/mol. The summed E-state index contributed by atoms with van der Waals surface area (Å²) in [5.41, 5.74) is 7.14. The van der Waals surface area contributed by atoms with Crippen molar-refractivity contribution in [2.75, 3.05) is 25.4 Å². The first-order valence-electron chi connectivity index (χ1n) is 15.9. The Morgan fingerprint density at radius 1 is 1.10 bits per heavy atom. The van der Waals surface area contributed by atoms with E-state index >= 15 is 0 Å². The van der Waals surface area contributed by atoms with Gasteiger partial charge in [0.05, 0.1) is 39.2 Å². The summed E-state index contributed by atoms with van der Waals surface area (Å²) in [7, 11) is -4.17. The minimum Gasteiger partial charge on any atom is -0.397 e. The normalized spacial score (nSPS) is 15.6. The van der Waals surface area contributed by atoms with Crippen LogP contribution in [0.2, 0.25) is 5.02 Å². The molecule has 4 amide bonds. The Morgan fingerprint density at radius 3 is 2.36 bits per heavy atom. The van der Waals surface area contributed by atoms with E-state index in [1.165, 1.54) is 29.6 Å². The molecular formula is C33H41ClN6O8S2. The van der Waals surface area contributed by atoms with Gasteiger partial charge in [-0.25, -0.2) is 13.2 Å². The number of nitro groups is 1. The van der Waals surface area contributed by atoms with E-state index in [0.29, 0.717) is 5.56 Å². The number of benzene rings is 2. The smallest absolute Gasteiger partial charge is 0.328 e. The molecule has 1 fully saturated rings. The van der Waals surface area contributed by atoms with Gasteiger partial charge in [0.1, 0.15) is 12.6 Å². The summed E-state index contributed by atoms with van der Waals surface area (Å²) in [6.07, 6.45) is -1.29. The van der Waals surface area contributed by atoms with Crippen molar-refractivity contribution in [3.63, 3.8) is 0 Å². The number of carbonyl (C=O) groups is 3. The SMILES string of the molecule is CC(C)CN(C[C@@H](O)[C@H](Cc1ccccc1)NC(=O)[C@H](C(C)C)N1CC(=O)N(Cc2csc([N+](=O)[O-])c2)C1=O)S(=O)(=O)c1ccc(Cl)c(N)c1. The fourth-order valence-corrected chi connectivity index (χ4v) is 8.22. The zero-order valence-electron chi connectivity index (χ0n) is 28.1. The summed E-state index contributed by atoms with van der Waals surface area (Å²) in [6, 6.07) is 11.4. The molecule has 2 heterocycles. The van der Waals surface area contributed by atoms with E-state index in [9.17, 15) is 38.0 Å². The van der Waals surface area contributed by atoms with Gasteiger partial charge in [-0.1, -0.05) is 81.0 Å². The number of carbonyl (C=O) groups excluding carboxylic acids is 3. The highest BCUT2D eigenvalue weighted by molar-refractivity contribution is 7.89. The molecule has 4 rings (SSSR count). The minimum absolute atomic E-state index is 0.0516. The molecule has 1 aliphatic rings. The Kier molecular flexibility index (Phi) is 12.6. The van der Waals surface area contributed by atoms with Gasteiger partial charge in [-0.3, -0.25) is 24.6 Å². The lowest BCUT2D eigenvalue weighted by atomic mass is 9.97. The summed E-state index contributed by atoms with van der Waals surface area (Å²) in [5, 5.41) is 27.2. The summed E-state index contributed by atoms with van der Waals surface area (Å²) in [4.78, 5) is 53.2. The number of nitrogens with one attached hydrogen (secondary N) is 1. The van der Waals surface area contributed by atoms with Crippen LogP contribution in [0.15, 0.2) is 64.9 Å². The summed E-state index contributed by atoms with van der Waals surface area (Å²) >= 11 is 6.91. The quantitative estimate of drug-likeness (QED) is 0.0836. The summed E-state index contributed by atoms with van der Waals surface area (Å²) < 4.78 is 28.8. The number of amides is 4. The van der Waals surface area contributed by atoms with Crippen LogP contribution < -0.4 is 11.1 Å². The zero-order chi connectivity index (χ0) is 36.9. The van der Waals surface area contributed by atoms with Crippen LogP contribution in [-0.2, 0) is 32.6 Å². The molecule has 1 saturated heterocycles. The fourth-order valence-electron chi connectivity index (χ4n) is 5.73. The van der Waals surface area contributed by atoms with Gasteiger partial charge >= 0.3 is 11.0 Å². The molecule has 1 aliphatic heterocycles. The number of aliphatic hydroxyl groups excluding tert-OH is 1. The van der Waals surface area contributed by atoms with Crippen LogP contribution in [0.25, 0.3) is 0 Å². The van der Waals surface area contributed by atoms with Crippen LogP contribution in [0.4, 0.5) is 15.5 Å². The fraction of sp³-hybridized carbons (Fsp3) is 0.424. The number of thiophene rings is 1. The average molecular weight is 749 g/mol. The Labute approximate surface area is 300 Å². The number of hydrogen-bond acceptors (Lipinski definition) is 10. The van der Waals surface area contributed by atoms with Crippen molar-refractivity contribution in [1.29, 1.82) is 0 Å². The summed E-state index contributed by atoms with van der Waals surface area (Å²) in [5.74, 6) is -1.81. The summed E-state index contributed by atoms with van der Waals surface area (Å²) in [6.45, 7) is 6.18. The molecule has 50 heavy (non-hydrogen) atoms. The molecule has 3 aromatic rings. The van der Waals surface area contributed by atoms with Crippen LogP contribution in [0.5, 0.6) is 0 Å². The maximum Gasteiger partial charge on any atom is 0.328 e. The lowest BCUT2D eigenvalue weighted by molar-refractivity contribution is -0.380. The second kappa shape index (κ2) is 16.3. The molecule has 0 bridgehead atoms. The van der Waals surface area contributed by atoms with E-state index in [1.54, 1.807) is 38.1 Å². The van der Waals surface area contributed by atoms with Crippen molar-refractivity contribution in [3.8, 4) is 0 Å². The number of rotatable bonds is 16. The molecule has 14 nitrogen and oxygen atoms in total. The van der Waals surface area contributed by atoms with Crippen LogP contribution in [0, 0.1) is 22.0 Å². The maximum atomic E-state index is 14.0. The first kappa shape index (κ1) is 38.7. The first-order chi connectivity index (χ1) is 23.5. The van der Waals surface area contributed by atoms with Crippen molar-refractivity contribution < 1.29 is 32.8 Å². The number of imide groups is 1. The molecule has 0 spiro atoms. The third kappa shape index (κ3) is 9.17. The number of urea groups is 1. The number of sulfonamides is 1. The molecule has 270 valence electrons. The number of aliphatic hydroxyl groups is 1. The topological polar surface area (TPSA) is 196 Å². The van der Waals surface area contributed by atoms with E-state index in [2.05, 4.69) is 5.32 Å². The van der Waals surface area contributed by atoms with Crippen molar-refractivity contribution in [2.24, 2.45) is 11.8 Å². The number of hydrogen-bond donors (Lipinski definition) is 3. The van der Waals surface area contributed by atoms with Crippen molar-refractivity contribution in [3.05, 3.63) is 86.2 Å². The van der Waals surface area contributed by atoms with Crippen LogP contribution in [-0.4, -0.2) is 88.2 Å². The molecule has 2 aromatic carbocycles. The minimum atomic E-state index is -4.17. The van der Waals surface area contributed by atoms with Gasteiger partial charge in [0.25, 0.3) is 5.91 Å². The van der Waals surface area contributed by atoms with Crippen LogP contribution >= 0.6 is 22.9 Å². The molecule has 1 aromatic heterocycles. The van der Waals surface area contributed by atoms with Gasteiger partial charge in [0.15, 0.2) is 0 Å². The molecule has 4 N–H and O–H groups in total. The number of nitrogen functional groups attached to an aromatic ring is 1. The third-order valence-electron chi connectivity index (χ3n) is 8.13. The first-order valence-corrected chi connectivity index (χ1v) is 18.6. The van der Waals surface area contributed by atoms with Gasteiger partial charge in [-0.15, -0.1) is 0 Å². The van der Waals surface area contributed by atoms with Gasteiger partial charge < -0.3 is 21.1 Å². The van der Waals surface area contributed by atoms with E-state index in [0.717, 1.165) is 31.0 Å². The predicted molar refractivity (Wildman–Crippen MR) is 190 cm³/mol. The van der Waals surface area contributed by atoms with E-state index in [1.807, 2.05) is 19.9 Å². The van der Waals surface area contributed by atoms with E-state index in [4.69, 9.17) is 17.3 Å². The lowest BCUT2D eigenvalue weighted by Crippen LogP contribution is -2.57. The molecule has 3 atom stereocenters. The third-order valence-corrected chi connectivity index (χ3v) is 11.2. The number of anilines is 1. The van der Waals surface area contributed by atoms with Crippen molar-refractivity contribution >= 4 is 61.5 Å². The number of nitrogens with zero attached hydrogens (tertiary/aromatic N) is 4. The second-order valence-corrected chi connectivity index (χ2v) is 16.1. The number of nitrogens with two attached hydrogens (primary N) is 1. The standard InChI is InChI=1S/C33H41ClN6O8S2/c1-20(2)15-37(50(47,48)24-10-11-25(34)26(35)14-24)17-28(41)27(12-22-8-6-5-7-9-22)36-32(43)31(21(3)4)39-18-29(42)38(33(39)44)16-23-13-30(40(45)46)49-19-23/h5-11,13-14,19-21,27-28,31,41H,12,15-18,35H2,1-4H3,(H,36,43)/t27-,28+,31-/m0/s1. The molecule has 17 heteroatoms. The molecule has 0 saturated carbocycles. The lowest BCUT2D eigenvalue weighted by Gasteiger charge is -2.34. The molecular weight excluding hydrogens is 708 g/mol. The van der Waals surface area contributed by atoms with Crippen molar-refractivity contribution in [1.82, 2.24) is 19.4 Å². The second-order valence-electron chi connectivity index (χ2n) is 12.9. The highest BCUT2D eigenvalue weighted by Gasteiger charge is 2.44. The van der Waals surface area contributed by atoms with E-state index in [-0.39, 0.29) is 52.6 Å². The Bertz CT molecular complexity index is 1820. The maximum absolute atomic E-state index is 14.0. The average Bonchev–Trinajstić information content (AvgIpc) is 3.62. The Morgan fingerprint density at radius 2 is 1.78 bits per heavy atom. The highest BCUT2D eigenvalue weighted by atomic mass is 35.5. The zero-order valence-corrected chi connectivity index (χ0v) is 30.5. The Hall–Kier alpha value is -4.09. The van der Waals surface area contributed by atoms with Crippen molar-refractivity contribution in [2.45, 2.75) is 63.7 Å². The van der Waals surface area contributed by atoms with E-state index < -0.39 is 63.4 Å². The van der Waals surface area contributed by atoms with Crippen LogP contribution in [0.1, 0.15) is 38.8 Å². The van der Waals surface area contributed by atoms with Gasteiger partial charge in [-0.05, 0) is 47.6 Å². The molecule has 0 unspecified atom stereocenters. The van der Waals surface area contributed by atoms with Gasteiger partial charge in [0.2, 0.25) is 15.9 Å². The largest absolute Gasteiger partial charge is 0.397 e. The van der Waals surface area contributed by atoms with Gasteiger partial charge in [-0.2, -0.15) is 4.31 Å². The van der Waals surface area contributed by atoms with Crippen LogP contribution in [0.3, 0.4) is 0 Å². The highest BCUT2D eigenvalue weighted by Crippen LogP contribution is 2.28. The number of halogens is 1. The van der Waals surface area contributed by atoms with Gasteiger partial charge in [0, 0.05) is 24.5 Å². The Balaban J connectivity index is 1.59. The molecule has 0 radical (unpaired) electrons. The predicted octanol–water partition coefficient (Wildman–Crippen LogP) is 4.12.